The molecule has 0 aromatic rings. The van der Waals surface area contributed by atoms with Gasteiger partial charge < -0.3 is 20.4 Å². The summed E-state index contributed by atoms with van der Waals surface area (Å²) in [5.74, 6) is -2.51. The number of rotatable bonds is 5. The minimum absolute atomic E-state index is 0.159. The molecule has 0 radical (unpaired) electrons. The average Bonchev–Trinajstić information content (AvgIpc) is 2.10. The van der Waals surface area contributed by atoms with Crippen LogP contribution >= 0.6 is 0 Å². The zero-order valence-electron chi connectivity index (χ0n) is 10.2. The van der Waals surface area contributed by atoms with E-state index < -0.39 is 31.1 Å². The van der Waals surface area contributed by atoms with Gasteiger partial charge >= 0.3 is 18.0 Å². The van der Waals surface area contributed by atoms with Crippen molar-refractivity contribution in [2.75, 3.05) is 19.6 Å². The Hall–Kier alpha value is -1.79. The maximum Gasteiger partial charge on any atom is 0.323 e. The van der Waals surface area contributed by atoms with Crippen LogP contribution in [0.25, 0.3) is 0 Å². The Bertz CT molecular complexity index is 292. The largest absolute Gasteiger partial charge is 0.480 e. The second kappa shape index (κ2) is 6.07. The highest BCUT2D eigenvalue weighted by molar-refractivity contribution is 5.84. The molecule has 0 aliphatic heterocycles. The predicted octanol–water partition coefficient (Wildman–Crippen LogP) is 0.213. The van der Waals surface area contributed by atoms with Crippen LogP contribution in [0, 0.1) is 5.41 Å². The molecule has 0 saturated carbocycles. The first-order valence-corrected chi connectivity index (χ1v) is 5.08. The third kappa shape index (κ3) is 8.06. The van der Waals surface area contributed by atoms with Gasteiger partial charge in [0.05, 0.1) is 0 Å². The summed E-state index contributed by atoms with van der Waals surface area (Å²) in [6.07, 6.45) is 0. The minimum atomic E-state index is -1.25. The number of nitrogens with one attached hydrogen (secondary N) is 1. The van der Waals surface area contributed by atoms with E-state index >= 15 is 0 Å². The Morgan fingerprint density at radius 1 is 1.06 bits per heavy atom. The maximum absolute atomic E-state index is 11.5. The van der Waals surface area contributed by atoms with Crippen LogP contribution < -0.4 is 5.32 Å². The summed E-state index contributed by atoms with van der Waals surface area (Å²) >= 11 is 0. The minimum Gasteiger partial charge on any atom is -0.480 e. The van der Waals surface area contributed by atoms with E-state index in [1.807, 2.05) is 20.8 Å². The van der Waals surface area contributed by atoms with Gasteiger partial charge in [0.15, 0.2) is 0 Å². The van der Waals surface area contributed by atoms with E-state index in [0.717, 1.165) is 4.90 Å². The molecule has 0 fully saturated rings. The molecule has 2 amide bonds. The highest BCUT2D eigenvalue weighted by atomic mass is 16.4. The second-order valence-electron chi connectivity index (χ2n) is 4.86. The van der Waals surface area contributed by atoms with Crippen LogP contribution in [0.1, 0.15) is 20.8 Å². The smallest absolute Gasteiger partial charge is 0.323 e. The molecule has 0 aromatic heterocycles. The van der Waals surface area contributed by atoms with Crippen molar-refractivity contribution in [3.63, 3.8) is 0 Å². The predicted molar refractivity (Wildman–Crippen MR) is 59.7 cm³/mol. The number of nitrogens with zero attached hydrogens (tertiary/aromatic N) is 1. The molecule has 0 aliphatic rings. The topological polar surface area (TPSA) is 107 Å². The molecule has 0 aliphatic carbocycles. The molecule has 98 valence electrons. The average molecular weight is 246 g/mol. The molecular formula is C10H18N2O5. The van der Waals surface area contributed by atoms with Gasteiger partial charge in [-0.25, -0.2) is 4.79 Å². The molecule has 0 rings (SSSR count). The maximum atomic E-state index is 11.5. The lowest BCUT2D eigenvalue weighted by molar-refractivity contribution is -0.140. The number of hydrogen-bond acceptors (Lipinski definition) is 3. The van der Waals surface area contributed by atoms with Gasteiger partial charge in [-0.1, -0.05) is 20.8 Å². The Kier molecular flexibility index (Phi) is 5.43. The second-order valence-corrected chi connectivity index (χ2v) is 4.86. The van der Waals surface area contributed by atoms with Crippen molar-refractivity contribution in [1.82, 2.24) is 10.2 Å². The fraction of sp³-hybridized carbons (Fsp3) is 0.700. The number of carboxylic acids is 2. The number of aliphatic carboxylic acids is 2. The van der Waals surface area contributed by atoms with E-state index in [1.54, 1.807) is 0 Å². The third-order valence-electron chi connectivity index (χ3n) is 1.71. The molecule has 0 unspecified atom stereocenters. The third-order valence-corrected chi connectivity index (χ3v) is 1.71. The lowest BCUT2D eigenvalue weighted by atomic mass is 9.97. The molecule has 7 nitrogen and oxygen atoms in total. The van der Waals surface area contributed by atoms with E-state index in [0.29, 0.717) is 6.54 Å². The van der Waals surface area contributed by atoms with Crippen LogP contribution in [0.15, 0.2) is 0 Å². The van der Waals surface area contributed by atoms with E-state index in [1.165, 1.54) is 0 Å². The fourth-order valence-corrected chi connectivity index (χ4v) is 0.979. The van der Waals surface area contributed by atoms with Gasteiger partial charge in [-0.3, -0.25) is 9.59 Å². The Morgan fingerprint density at radius 2 is 1.47 bits per heavy atom. The standard InChI is InChI=1S/C10H18N2O5/c1-10(2,3)6-11-9(17)12(4-7(13)14)5-8(15)16/h4-6H2,1-3H3,(H,11,17)(H,13,14)(H,15,16). The van der Waals surface area contributed by atoms with Crippen molar-refractivity contribution < 1.29 is 24.6 Å². The SMILES string of the molecule is CC(C)(C)CNC(=O)N(CC(=O)O)CC(=O)O. The van der Waals surface area contributed by atoms with Gasteiger partial charge in [0.25, 0.3) is 0 Å². The van der Waals surface area contributed by atoms with Crippen LogP contribution in [-0.2, 0) is 9.59 Å². The highest BCUT2D eigenvalue weighted by Crippen LogP contribution is 2.10. The summed E-state index contributed by atoms with van der Waals surface area (Å²) in [4.78, 5) is 33.2. The van der Waals surface area contributed by atoms with Crippen molar-refractivity contribution in [1.29, 1.82) is 0 Å². The van der Waals surface area contributed by atoms with Crippen molar-refractivity contribution in [3.05, 3.63) is 0 Å². The Morgan fingerprint density at radius 3 is 1.76 bits per heavy atom. The number of carboxylic acid groups (broad SMARTS) is 2. The van der Waals surface area contributed by atoms with Gasteiger partial charge in [0, 0.05) is 6.54 Å². The summed E-state index contributed by atoms with van der Waals surface area (Å²) < 4.78 is 0. The van der Waals surface area contributed by atoms with E-state index in [2.05, 4.69) is 5.32 Å². The van der Waals surface area contributed by atoms with E-state index in [-0.39, 0.29) is 5.41 Å². The first-order chi connectivity index (χ1) is 7.61. The highest BCUT2D eigenvalue weighted by Gasteiger charge is 2.21. The molecule has 0 spiro atoms. The van der Waals surface area contributed by atoms with Crippen LogP contribution in [0.3, 0.4) is 0 Å². The quantitative estimate of drug-likeness (QED) is 0.643. The molecule has 0 atom stereocenters. The van der Waals surface area contributed by atoms with Gasteiger partial charge in [0.2, 0.25) is 0 Å². The summed E-state index contributed by atoms with van der Waals surface area (Å²) in [5.41, 5.74) is -0.159. The molecular weight excluding hydrogens is 228 g/mol. The van der Waals surface area contributed by atoms with Gasteiger partial charge in [-0.2, -0.15) is 0 Å². The molecule has 7 heteroatoms. The normalized spacial score (nSPS) is 10.8. The molecule has 17 heavy (non-hydrogen) atoms. The Labute approximate surface area is 99.4 Å². The van der Waals surface area contributed by atoms with E-state index in [9.17, 15) is 14.4 Å². The van der Waals surface area contributed by atoms with E-state index in [4.69, 9.17) is 10.2 Å². The van der Waals surface area contributed by atoms with Crippen LogP contribution in [0.2, 0.25) is 0 Å². The lowest BCUT2D eigenvalue weighted by Crippen LogP contribution is -2.47. The van der Waals surface area contributed by atoms with Crippen LogP contribution in [0.4, 0.5) is 4.79 Å². The van der Waals surface area contributed by atoms with Gasteiger partial charge in [-0.05, 0) is 5.41 Å². The number of carbonyl (C=O) groups excluding carboxylic acids is 1. The first kappa shape index (κ1) is 15.2. The summed E-state index contributed by atoms with van der Waals surface area (Å²) in [6, 6.07) is -0.690. The summed E-state index contributed by atoms with van der Waals surface area (Å²) in [5, 5.41) is 19.6. The zero-order valence-corrected chi connectivity index (χ0v) is 10.2. The number of amides is 2. The fourth-order valence-electron chi connectivity index (χ4n) is 0.979. The van der Waals surface area contributed by atoms with Gasteiger partial charge in [-0.15, -0.1) is 0 Å². The summed E-state index contributed by atoms with van der Waals surface area (Å²) in [6.45, 7) is 4.75. The van der Waals surface area contributed by atoms with Crippen molar-refractivity contribution in [3.8, 4) is 0 Å². The molecule has 0 bridgehead atoms. The number of urea groups is 1. The molecule has 0 heterocycles. The number of carbonyl (C=O) groups is 3. The monoisotopic (exact) mass is 246 g/mol. The lowest BCUT2D eigenvalue weighted by Gasteiger charge is -2.23. The zero-order chi connectivity index (χ0) is 13.6. The molecule has 3 N–H and O–H groups in total. The molecule has 0 saturated heterocycles. The van der Waals surface area contributed by atoms with Crippen molar-refractivity contribution >= 4 is 18.0 Å². The van der Waals surface area contributed by atoms with Crippen LogP contribution in [0.5, 0.6) is 0 Å². The van der Waals surface area contributed by atoms with Crippen molar-refractivity contribution in [2.45, 2.75) is 20.8 Å². The van der Waals surface area contributed by atoms with Gasteiger partial charge in [0.1, 0.15) is 13.1 Å². The number of hydrogen-bond donors (Lipinski definition) is 3. The first-order valence-electron chi connectivity index (χ1n) is 5.08. The van der Waals surface area contributed by atoms with Crippen molar-refractivity contribution in [2.24, 2.45) is 5.41 Å². The van der Waals surface area contributed by atoms with Crippen LogP contribution in [-0.4, -0.2) is 52.7 Å². The summed E-state index contributed by atoms with van der Waals surface area (Å²) in [7, 11) is 0. The molecule has 0 aromatic carbocycles. The Balaban J connectivity index is 4.42.